The van der Waals surface area contributed by atoms with E-state index in [2.05, 4.69) is 23.7 Å². The maximum absolute atomic E-state index is 9.43. The van der Waals surface area contributed by atoms with Crippen molar-refractivity contribution in [3.63, 3.8) is 0 Å². The monoisotopic (exact) mass is 180 g/mol. The molecule has 0 spiro atoms. The van der Waals surface area contributed by atoms with Crippen molar-refractivity contribution in [2.24, 2.45) is 11.5 Å². The minimum Gasteiger partial charge on any atom is -0.481 e. The fraction of sp³-hybridized carbons (Fsp3) is 0.250. The summed E-state index contributed by atoms with van der Waals surface area (Å²) in [6, 6.07) is 0. The van der Waals surface area contributed by atoms with Crippen LogP contribution in [0.3, 0.4) is 0 Å². The average Bonchev–Trinajstić information content (AvgIpc) is 1.56. The van der Waals surface area contributed by atoms with E-state index in [1.54, 1.807) is 0 Å². The van der Waals surface area contributed by atoms with Gasteiger partial charge in [-0.15, -0.1) is 0 Å². The first-order valence-electron chi connectivity index (χ1n) is 2.34. The molecule has 0 aliphatic carbocycles. The van der Waals surface area contributed by atoms with Crippen LogP contribution in [0.15, 0.2) is 0 Å². The number of rotatable bonds is 2. The highest BCUT2D eigenvalue weighted by Gasteiger charge is 2.01. The molecule has 0 rings (SSSR count). The third kappa shape index (κ3) is 54.8. The normalized spacial score (nSPS) is 7.27. The molecule has 0 aromatic heterocycles. The van der Waals surface area contributed by atoms with Gasteiger partial charge in [0.25, 0.3) is 0 Å². The second-order valence-electron chi connectivity index (χ2n) is 1.37. The number of aliphatic carboxylic acids is 2. The van der Waals surface area contributed by atoms with Crippen molar-refractivity contribution >= 4 is 29.3 Å². The molecule has 0 saturated carbocycles. The van der Waals surface area contributed by atoms with Gasteiger partial charge < -0.3 is 21.7 Å². The highest BCUT2D eigenvalue weighted by Crippen LogP contribution is 1.74. The summed E-state index contributed by atoms with van der Waals surface area (Å²) in [5, 5.41) is 15.4. The number of hydrogen-bond acceptors (Lipinski definition) is 3. The van der Waals surface area contributed by atoms with E-state index in [0.717, 1.165) is 0 Å². The van der Waals surface area contributed by atoms with Gasteiger partial charge in [0.15, 0.2) is 5.11 Å². The van der Waals surface area contributed by atoms with Crippen LogP contribution in [0.2, 0.25) is 0 Å². The summed E-state index contributed by atoms with van der Waals surface area (Å²) in [5.41, 5.74) is 9.24. The van der Waals surface area contributed by atoms with Crippen molar-refractivity contribution in [3.05, 3.63) is 0 Å². The van der Waals surface area contributed by atoms with Crippen molar-refractivity contribution < 1.29 is 19.8 Å². The van der Waals surface area contributed by atoms with E-state index in [4.69, 9.17) is 10.2 Å². The predicted molar refractivity (Wildman–Crippen MR) is 40.9 cm³/mol. The summed E-state index contributed by atoms with van der Waals surface area (Å²) in [6.07, 6.45) is -0.806. The van der Waals surface area contributed by atoms with Gasteiger partial charge in [0.1, 0.15) is 6.42 Å². The molecule has 6 N–H and O–H groups in total. The summed E-state index contributed by atoms with van der Waals surface area (Å²) >= 11 is 4.09. The Hall–Kier alpha value is -1.37. The minimum absolute atomic E-state index is 0.000000000000000222. The molecule has 0 heterocycles. The Bertz CT molecular complexity index is 153. The molecule has 0 saturated heterocycles. The van der Waals surface area contributed by atoms with Crippen LogP contribution in [0.5, 0.6) is 0 Å². The standard InChI is InChI=1S/C3H4O4.CH4N2S/c4-2(5)1-3(6)7;2-1(3)4/h1H2,(H,4,5)(H,6,7);(H4,2,3,4). The molecule has 7 heteroatoms. The molecule has 0 bridgehead atoms. The molecule has 0 atom stereocenters. The maximum Gasteiger partial charge on any atom is 0.314 e. The molecule has 0 aliphatic heterocycles. The van der Waals surface area contributed by atoms with Crippen molar-refractivity contribution in [3.8, 4) is 0 Å². The molecule has 6 nitrogen and oxygen atoms in total. The van der Waals surface area contributed by atoms with Crippen LogP contribution in [-0.2, 0) is 9.59 Å². The molecule has 0 aliphatic rings. The summed E-state index contributed by atoms with van der Waals surface area (Å²) < 4.78 is 0. The molecule has 64 valence electrons. The van der Waals surface area contributed by atoms with E-state index in [-0.39, 0.29) is 5.11 Å². The molecule has 0 unspecified atom stereocenters. The lowest BCUT2D eigenvalue weighted by Gasteiger charge is -1.80. The Morgan fingerprint density at radius 1 is 1.18 bits per heavy atom. The Morgan fingerprint density at radius 3 is 1.36 bits per heavy atom. The molecular formula is C4H8N2O4S. The van der Waals surface area contributed by atoms with E-state index in [1.807, 2.05) is 0 Å². The van der Waals surface area contributed by atoms with Gasteiger partial charge >= 0.3 is 11.9 Å². The summed E-state index contributed by atoms with van der Waals surface area (Å²) in [6.45, 7) is 0. The lowest BCUT2D eigenvalue weighted by Crippen LogP contribution is -2.18. The van der Waals surface area contributed by atoms with Crippen LogP contribution in [0, 0.1) is 0 Å². The van der Waals surface area contributed by atoms with E-state index in [1.165, 1.54) is 0 Å². The first-order chi connectivity index (χ1) is 4.86. The summed E-state index contributed by atoms with van der Waals surface area (Å²) in [4.78, 5) is 18.9. The Kier molecular flexibility index (Phi) is 7.56. The Morgan fingerprint density at radius 2 is 1.36 bits per heavy atom. The SMILES string of the molecule is NC(N)=S.O=C(O)CC(=O)O. The molecule has 11 heavy (non-hydrogen) atoms. The second-order valence-corrected chi connectivity index (χ2v) is 1.84. The van der Waals surface area contributed by atoms with Crippen LogP contribution in [-0.4, -0.2) is 27.3 Å². The first kappa shape index (κ1) is 12.3. The lowest BCUT2D eigenvalue weighted by molar-refractivity contribution is -0.147. The van der Waals surface area contributed by atoms with Crippen molar-refractivity contribution in [2.45, 2.75) is 6.42 Å². The number of carboxylic acid groups (broad SMARTS) is 2. The third-order valence-electron chi connectivity index (χ3n) is 0.302. The Balaban J connectivity index is 0. The third-order valence-corrected chi connectivity index (χ3v) is 0.302. The number of carboxylic acids is 2. The largest absolute Gasteiger partial charge is 0.481 e. The van der Waals surface area contributed by atoms with E-state index in [9.17, 15) is 9.59 Å². The van der Waals surface area contributed by atoms with E-state index < -0.39 is 18.4 Å². The van der Waals surface area contributed by atoms with Crippen molar-refractivity contribution in [1.29, 1.82) is 0 Å². The average molecular weight is 180 g/mol. The smallest absolute Gasteiger partial charge is 0.314 e. The number of carbonyl (C=O) groups is 2. The molecule has 0 aromatic carbocycles. The van der Waals surface area contributed by atoms with E-state index >= 15 is 0 Å². The zero-order chi connectivity index (χ0) is 9.44. The van der Waals surface area contributed by atoms with Gasteiger partial charge in [0, 0.05) is 0 Å². The van der Waals surface area contributed by atoms with Crippen molar-refractivity contribution in [2.75, 3.05) is 0 Å². The van der Waals surface area contributed by atoms with Gasteiger partial charge in [0.2, 0.25) is 0 Å². The van der Waals surface area contributed by atoms with Crippen LogP contribution in [0.25, 0.3) is 0 Å². The summed E-state index contributed by atoms with van der Waals surface area (Å²) in [5.74, 6) is -2.62. The van der Waals surface area contributed by atoms with Crippen LogP contribution >= 0.6 is 12.2 Å². The van der Waals surface area contributed by atoms with Gasteiger partial charge in [-0.05, 0) is 12.2 Å². The van der Waals surface area contributed by atoms with Crippen LogP contribution < -0.4 is 11.5 Å². The van der Waals surface area contributed by atoms with Gasteiger partial charge in [-0.3, -0.25) is 9.59 Å². The van der Waals surface area contributed by atoms with Gasteiger partial charge in [0.05, 0.1) is 0 Å². The first-order valence-corrected chi connectivity index (χ1v) is 2.75. The summed E-state index contributed by atoms with van der Waals surface area (Å²) in [7, 11) is 0. The van der Waals surface area contributed by atoms with Gasteiger partial charge in [-0.25, -0.2) is 0 Å². The van der Waals surface area contributed by atoms with Gasteiger partial charge in [-0.1, -0.05) is 0 Å². The van der Waals surface area contributed by atoms with E-state index in [0.29, 0.717) is 0 Å². The molecular weight excluding hydrogens is 172 g/mol. The highest BCUT2D eigenvalue weighted by molar-refractivity contribution is 7.80. The van der Waals surface area contributed by atoms with Crippen LogP contribution in [0.4, 0.5) is 0 Å². The minimum atomic E-state index is -1.31. The number of nitrogens with two attached hydrogens (primary N) is 2. The topological polar surface area (TPSA) is 127 Å². The molecule has 0 fully saturated rings. The fourth-order valence-electron chi connectivity index (χ4n) is 0.129. The predicted octanol–water partition coefficient (Wildman–Crippen LogP) is -1.27. The van der Waals surface area contributed by atoms with Crippen LogP contribution in [0.1, 0.15) is 6.42 Å². The fourth-order valence-corrected chi connectivity index (χ4v) is 0.129. The second kappa shape index (κ2) is 6.75. The highest BCUT2D eigenvalue weighted by atomic mass is 32.1. The number of thiocarbonyl (C=S) groups is 1. The molecule has 0 aromatic rings. The quantitative estimate of drug-likeness (QED) is 0.308. The molecule has 0 amide bonds. The van der Waals surface area contributed by atoms with Gasteiger partial charge in [-0.2, -0.15) is 0 Å². The molecule has 0 radical (unpaired) electrons. The zero-order valence-corrected chi connectivity index (χ0v) is 6.30. The lowest BCUT2D eigenvalue weighted by atomic mass is 10.5. The number of hydrogen-bond donors (Lipinski definition) is 4. The van der Waals surface area contributed by atoms with Crippen molar-refractivity contribution in [1.82, 2.24) is 0 Å². The zero-order valence-electron chi connectivity index (χ0n) is 5.48. The maximum atomic E-state index is 9.43. The Labute approximate surface area is 67.8 Å².